The lowest BCUT2D eigenvalue weighted by atomic mass is 10.1. The van der Waals surface area contributed by atoms with Crippen LogP contribution in [0.15, 0.2) is 29.2 Å². The van der Waals surface area contributed by atoms with Crippen molar-refractivity contribution in [1.29, 1.82) is 0 Å². The van der Waals surface area contributed by atoms with Crippen molar-refractivity contribution >= 4 is 35.2 Å². The molecule has 25 heavy (non-hydrogen) atoms. The maximum atomic E-state index is 11.8. The summed E-state index contributed by atoms with van der Waals surface area (Å²) in [4.78, 5) is 27.9. The SMILES string of the molecule is CC(=O)N(CC(=O)O)C1CCCN(CCSc2ccc(Cl)cc2)CC1. The molecule has 1 saturated heterocycles. The molecule has 1 atom stereocenters. The summed E-state index contributed by atoms with van der Waals surface area (Å²) in [5.74, 6) is -0.104. The topological polar surface area (TPSA) is 60.9 Å². The molecule has 7 heteroatoms. The Bertz CT molecular complexity index is 582. The molecule has 1 aliphatic rings. The van der Waals surface area contributed by atoms with E-state index < -0.39 is 5.97 Å². The summed E-state index contributed by atoms with van der Waals surface area (Å²) < 4.78 is 0. The van der Waals surface area contributed by atoms with E-state index in [0.29, 0.717) is 0 Å². The molecule has 138 valence electrons. The lowest BCUT2D eigenvalue weighted by Crippen LogP contribution is -2.42. The highest BCUT2D eigenvalue weighted by Gasteiger charge is 2.25. The third-order valence-corrected chi connectivity index (χ3v) is 5.68. The van der Waals surface area contributed by atoms with Gasteiger partial charge in [0.15, 0.2) is 0 Å². The van der Waals surface area contributed by atoms with Gasteiger partial charge in [-0.15, -0.1) is 11.8 Å². The van der Waals surface area contributed by atoms with Gasteiger partial charge >= 0.3 is 5.97 Å². The minimum absolute atomic E-state index is 0.0301. The fourth-order valence-corrected chi connectivity index (χ4v) is 4.18. The molecular weight excluding hydrogens is 360 g/mol. The fourth-order valence-electron chi connectivity index (χ4n) is 3.14. The number of nitrogens with zero attached hydrogens (tertiary/aromatic N) is 2. The number of amides is 1. The maximum absolute atomic E-state index is 11.8. The first kappa shape index (κ1) is 20.1. The van der Waals surface area contributed by atoms with Gasteiger partial charge < -0.3 is 14.9 Å². The van der Waals surface area contributed by atoms with Gasteiger partial charge in [-0.2, -0.15) is 0 Å². The molecule has 1 fully saturated rings. The number of carbonyl (C=O) groups excluding carboxylic acids is 1. The van der Waals surface area contributed by atoms with Crippen LogP contribution in [0.3, 0.4) is 0 Å². The first-order chi connectivity index (χ1) is 12.0. The molecule has 1 aromatic carbocycles. The van der Waals surface area contributed by atoms with Gasteiger partial charge in [-0.25, -0.2) is 0 Å². The minimum Gasteiger partial charge on any atom is -0.480 e. The van der Waals surface area contributed by atoms with Crippen LogP contribution in [0.2, 0.25) is 5.02 Å². The molecule has 2 rings (SSSR count). The number of hydrogen-bond acceptors (Lipinski definition) is 4. The zero-order valence-electron chi connectivity index (χ0n) is 14.5. The average Bonchev–Trinajstić information content (AvgIpc) is 2.80. The maximum Gasteiger partial charge on any atom is 0.323 e. The van der Waals surface area contributed by atoms with E-state index in [2.05, 4.69) is 4.90 Å². The van der Waals surface area contributed by atoms with Crippen molar-refractivity contribution in [3.05, 3.63) is 29.3 Å². The molecule has 1 heterocycles. The second-order valence-electron chi connectivity index (χ2n) is 6.27. The summed E-state index contributed by atoms with van der Waals surface area (Å²) in [5, 5.41) is 9.76. The van der Waals surface area contributed by atoms with E-state index in [0.717, 1.165) is 49.7 Å². The number of carboxylic acids is 1. The molecule has 0 saturated carbocycles. The Morgan fingerprint density at radius 3 is 2.64 bits per heavy atom. The van der Waals surface area contributed by atoms with Crippen LogP contribution in [-0.2, 0) is 9.59 Å². The zero-order chi connectivity index (χ0) is 18.2. The minimum atomic E-state index is -0.948. The Morgan fingerprint density at radius 1 is 1.28 bits per heavy atom. The third kappa shape index (κ3) is 6.88. The Balaban J connectivity index is 1.79. The average molecular weight is 385 g/mol. The number of likely N-dealkylation sites (tertiary alicyclic amines) is 1. The number of thioether (sulfide) groups is 1. The molecule has 0 aromatic heterocycles. The first-order valence-corrected chi connectivity index (χ1v) is 9.92. The molecule has 1 aromatic rings. The van der Waals surface area contributed by atoms with Gasteiger partial charge in [0.05, 0.1) is 0 Å². The molecule has 0 radical (unpaired) electrons. The molecule has 1 aliphatic heterocycles. The van der Waals surface area contributed by atoms with E-state index in [4.69, 9.17) is 16.7 Å². The highest BCUT2D eigenvalue weighted by Crippen LogP contribution is 2.22. The predicted molar refractivity (Wildman–Crippen MR) is 101 cm³/mol. The molecule has 1 amide bonds. The van der Waals surface area contributed by atoms with Gasteiger partial charge in [0.25, 0.3) is 0 Å². The van der Waals surface area contributed by atoms with Gasteiger partial charge in [-0.3, -0.25) is 9.59 Å². The number of carboxylic acid groups (broad SMARTS) is 1. The van der Waals surface area contributed by atoms with Crippen molar-refractivity contribution in [3.8, 4) is 0 Å². The standard InChI is InChI=1S/C18H25ClN2O3S/c1-14(22)21(13-18(23)24)16-3-2-9-20(10-8-16)11-12-25-17-6-4-15(19)5-7-17/h4-7,16H,2-3,8-13H2,1H3,(H,23,24). The first-order valence-electron chi connectivity index (χ1n) is 8.55. The molecule has 1 unspecified atom stereocenters. The Hall–Kier alpha value is -1.24. The second-order valence-corrected chi connectivity index (χ2v) is 7.87. The lowest BCUT2D eigenvalue weighted by Gasteiger charge is -2.29. The second kappa shape index (κ2) is 10.0. The number of aliphatic carboxylic acids is 1. The lowest BCUT2D eigenvalue weighted by molar-refractivity contribution is -0.145. The van der Waals surface area contributed by atoms with Crippen LogP contribution in [0.4, 0.5) is 0 Å². The number of halogens is 1. The van der Waals surface area contributed by atoms with Crippen LogP contribution in [0, 0.1) is 0 Å². The van der Waals surface area contributed by atoms with Crippen molar-refractivity contribution in [2.45, 2.75) is 37.1 Å². The van der Waals surface area contributed by atoms with Crippen molar-refractivity contribution in [2.75, 3.05) is 31.9 Å². The number of rotatable bonds is 7. The van der Waals surface area contributed by atoms with Crippen molar-refractivity contribution in [2.24, 2.45) is 0 Å². The Kier molecular flexibility index (Phi) is 8.06. The summed E-state index contributed by atoms with van der Waals surface area (Å²) in [6.07, 6.45) is 2.69. The molecular formula is C18H25ClN2O3S. The summed E-state index contributed by atoms with van der Waals surface area (Å²) in [5.41, 5.74) is 0. The predicted octanol–water partition coefficient (Wildman–Crippen LogP) is 3.22. The number of carbonyl (C=O) groups is 2. The number of hydrogen-bond donors (Lipinski definition) is 1. The van der Waals surface area contributed by atoms with Crippen molar-refractivity contribution in [3.63, 3.8) is 0 Å². The van der Waals surface area contributed by atoms with Crippen LogP contribution >= 0.6 is 23.4 Å². The van der Waals surface area contributed by atoms with Crippen LogP contribution in [0.1, 0.15) is 26.2 Å². The largest absolute Gasteiger partial charge is 0.480 e. The van der Waals surface area contributed by atoms with E-state index >= 15 is 0 Å². The summed E-state index contributed by atoms with van der Waals surface area (Å²) in [7, 11) is 0. The van der Waals surface area contributed by atoms with E-state index in [1.54, 1.807) is 0 Å². The fraction of sp³-hybridized carbons (Fsp3) is 0.556. The number of benzene rings is 1. The van der Waals surface area contributed by atoms with Gasteiger partial charge in [0.2, 0.25) is 5.91 Å². The highest BCUT2D eigenvalue weighted by atomic mass is 35.5. The van der Waals surface area contributed by atoms with Gasteiger partial charge in [0, 0.05) is 41.7 Å². The molecule has 0 bridgehead atoms. The quantitative estimate of drug-likeness (QED) is 0.731. The van der Waals surface area contributed by atoms with Crippen LogP contribution < -0.4 is 0 Å². The summed E-state index contributed by atoms with van der Waals surface area (Å²) in [6, 6.07) is 7.89. The normalized spacial score (nSPS) is 18.6. The Labute approximate surface area is 158 Å². The molecule has 0 spiro atoms. The van der Waals surface area contributed by atoms with Crippen LogP contribution in [-0.4, -0.2) is 64.8 Å². The molecule has 5 nitrogen and oxygen atoms in total. The van der Waals surface area contributed by atoms with E-state index in [9.17, 15) is 9.59 Å². The Morgan fingerprint density at radius 2 is 2.00 bits per heavy atom. The monoisotopic (exact) mass is 384 g/mol. The smallest absolute Gasteiger partial charge is 0.323 e. The van der Waals surface area contributed by atoms with Crippen molar-refractivity contribution < 1.29 is 14.7 Å². The van der Waals surface area contributed by atoms with E-state index in [-0.39, 0.29) is 18.5 Å². The van der Waals surface area contributed by atoms with E-state index in [1.807, 2.05) is 36.0 Å². The van der Waals surface area contributed by atoms with E-state index in [1.165, 1.54) is 16.7 Å². The summed E-state index contributed by atoms with van der Waals surface area (Å²) >= 11 is 7.70. The summed E-state index contributed by atoms with van der Waals surface area (Å²) in [6.45, 7) is 4.13. The zero-order valence-corrected chi connectivity index (χ0v) is 16.1. The molecule has 1 N–H and O–H groups in total. The van der Waals surface area contributed by atoms with Crippen LogP contribution in [0.25, 0.3) is 0 Å². The van der Waals surface area contributed by atoms with Gasteiger partial charge in [0.1, 0.15) is 6.54 Å². The van der Waals surface area contributed by atoms with Crippen molar-refractivity contribution in [1.82, 2.24) is 9.80 Å². The van der Waals surface area contributed by atoms with Gasteiger partial charge in [-0.1, -0.05) is 11.6 Å². The van der Waals surface area contributed by atoms with Gasteiger partial charge in [-0.05, 0) is 50.1 Å². The highest BCUT2D eigenvalue weighted by molar-refractivity contribution is 7.99. The van der Waals surface area contributed by atoms with Crippen LogP contribution in [0.5, 0.6) is 0 Å². The third-order valence-electron chi connectivity index (χ3n) is 4.43. The molecule has 0 aliphatic carbocycles.